The lowest BCUT2D eigenvalue weighted by atomic mass is 10.0. The summed E-state index contributed by atoms with van der Waals surface area (Å²) in [7, 11) is 0. The third-order valence-corrected chi connectivity index (χ3v) is 4.34. The Morgan fingerprint density at radius 1 is 1.21 bits per heavy atom. The van der Waals surface area contributed by atoms with Crippen LogP contribution in [0.4, 0.5) is 0 Å². The number of hydrogen-bond acceptors (Lipinski definition) is 5. The first kappa shape index (κ1) is 21.4. The number of nitrogens with zero attached hydrogens (tertiary/aromatic N) is 2. The molecule has 0 spiro atoms. The zero-order valence-electron chi connectivity index (χ0n) is 16.2. The molecular weight excluding hydrogens is 364 g/mol. The fourth-order valence-electron chi connectivity index (χ4n) is 2.50. The van der Waals surface area contributed by atoms with E-state index in [0.717, 1.165) is 16.7 Å². The smallest absolute Gasteiger partial charge is 0.254 e. The average Bonchev–Trinajstić information content (AvgIpc) is 2.75. The zero-order chi connectivity index (χ0) is 21.2. The Balaban J connectivity index is 1.89. The molecule has 0 aliphatic heterocycles. The quantitative estimate of drug-likeness (QED) is 0.313. The Hall–Kier alpha value is -3.92. The maximum Gasteiger partial charge on any atom is 0.254 e. The molecule has 2 rings (SSSR count). The van der Waals surface area contributed by atoms with E-state index in [2.05, 4.69) is 16.4 Å². The first-order valence-corrected chi connectivity index (χ1v) is 9.06. The number of amidine groups is 1. The number of nitrogen functional groups attached to an aromatic ring is 1. The van der Waals surface area contributed by atoms with E-state index in [1.807, 2.05) is 31.2 Å². The van der Waals surface area contributed by atoms with Crippen molar-refractivity contribution in [3.05, 3.63) is 82.6 Å². The Morgan fingerprint density at radius 2 is 1.83 bits per heavy atom. The van der Waals surface area contributed by atoms with Gasteiger partial charge in [-0.25, -0.2) is 0 Å². The van der Waals surface area contributed by atoms with E-state index >= 15 is 0 Å². The fraction of sp³-hybridized carbons (Fsp3) is 0.182. The molecule has 0 heterocycles. The third-order valence-electron chi connectivity index (χ3n) is 4.34. The van der Waals surface area contributed by atoms with Gasteiger partial charge in [-0.15, -0.1) is 0 Å². The lowest BCUT2D eigenvalue weighted by molar-refractivity contribution is -0.117. The summed E-state index contributed by atoms with van der Waals surface area (Å²) in [5, 5.41) is 19.1. The molecule has 1 unspecified atom stereocenters. The van der Waals surface area contributed by atoms with Gasteiger partial charge in [0, 0.05) is 24.5 Å². The van der Waals surface area contributed by atoms with Gasteiger partial charge in [0.1, 0.15) is 5.84 Å². The topological polar surface area (TPSA) is 141 Å². The molecule has 0 radical (unpaired) electrons. The van der Waals surface area contributed by atoms with Crippen LogP contribution in [-0.4, -0.2) is 18.0 Å². The van der Waals surface area contributed by atoms with E-state index in [9.17, 15) is 4.79 Å². The first-order valence-electron chi connectivity index (χ1n) is 9.06. The van der Waals surface area contributed by atoms with Gasteiger partial charge in [0.25, 0.3) is 5.91 Å². The molecule has 29 heavy (non-hydrogen) atoms. The van der Waals surface area contributed by atoms with E-state index in [1.54, 1.807) is 24.3 Å². The number of nitriles is 1. The van der Waals surface area contributed by atoms with Crippen LogP contribution in [0.15, 0.2) is 65.3 Å². The second kappa shape index (κ2) is 10.4. The van der Waals surface area contributed by atoms with Crippen molar-refractivity contribution in [1.82, 2.24) is 5.32 Å². The molecular formula is C22H24N6O. The van der Waals surface area contributed by atoms with Gasteiger partial charge >= 0.3 is 0 Å². The molecule has 148 valence electrons. The van der Waals surface area contributed by atoms with Crippen LogP contribution in [0, 0.1) is 16.7 Å². The molecule has 1 atom stereocenters. The van der Waals surface area contributed by atoms with Crippen LogP contribution in [0.2, 0.25) is 0 Å². The number of carbonyl (C=O) groups is 1. The van der Waals surface area contributed by atoms with E-state index in [-0.39, 0.29) is 23.2 Å². The highest BCUT2D eigenvalue weighted by molar-refractivity contribution is 6.12. The van der Waals surface area contributed by atoms with Gasteiger partial charge in [-0.2, -0.15) is 5.26 Å². The van der Waals surface area contributed by atoms with E-state index in [0.29, 0.717) is 18.7 Å². The standard InChI is InChI=1S/C22H24N6O/c1-15(10-23)18-6-2-16(3-7-18)12-27-14-20(11-24)22(29)28-13-17-4-8-19(9-5-17)21(25)26/h2-9,11,14-15H,12-13,24H2,1H3,(H3,25,26)(H,28,29)/b20-11+,27-14?. The lowest BCUT2D eigenvalue weighted by Gasteiger charge is -2.07. The van der Waals surface area contributed by atoms with Crippen LogP contribution in [0.25, 0.3) is 0 Å². The monoisotopic (exact) mass is 388 g/mol. The minimum atomic E-state index is -0.329. The number of aliphatic imine (C=N–C) groups is 1. The van der Waals surface area contributed by atoms with E-state index in [4.69, 9.17) is 22.1 Å². The van der Waals surface area contributed by atoms with Gasteiger partial charge in [0.05, 0.1) is 24.1 Å². The van der Waals surface area contributed by atoms with Crippen LogP contribution in [0.3, 0.4) is 0 Å². The van der Waals surface area contributed by atoms with Crippen LogP contribution < -0.4 is 16.8 Å². The number of carbonyl (C=O) groups excluding carboxylic acids is 1. The molecule has 6 N–H and O–H groups in total. The summed E-state index contributed by atoms with van der Waals surface area (Å²) in [5.74, 6) is -0.480. The maximum absolute atomic E-state index is 12.3. The van der Waals surface area contributed by atoms with Crippen molar-refractivity contribution in [1.29, 1.82) is 10.7 Å². The Kier molecular flexibility index (Phi) is 7.68. The van der Waals surface area contributed by atoms with Crippen molar-refractivity contribution < 1.29 is 4.79 Å². The number of nitrogens with two attached hydrogens (primary N) is 2. The first-order chi connectivity index (χ1) is 13.9. The summed E-state index contributed by atoms with van der Waals surface area (Å²) in [5.41, 5.74) is 14.7. The molecule has 2 aromatic carbocycles. The van der Waals surface area contributed by atoms with E-state index in [1.165, 1.54) is 12.4 Å². The predicted octanol–water partition coefficient (Wildman–Crippen LogP) is 2.33. The molecule has 0 bridgehead atoms. The molecule has 2 aromatic rings. The second-order valence-corrected chi connectivity index (χ2v) is 6.48. The largest absolute Gasteiger partial charge is 0.404 e. The van der Waals surface area contributed by atoms with Gasteiger partial charge in [-0.3, -0.25) is 15.2 Å². The molecule has 0 saturated heterocycles. The molecule has 0 aliphatic carbocycles. The zero-order valence-corrected chi connectivity index (χ0v) is 16.2. The third kappa shape index (κ3) is 6.33. The summed E-state index contributed by atoms with van der Waals surface area (Å²) in [6.45, 7) is 2.57. The number of amides is 1. The Bertz CT molecular complexity index is 952. The van der Waals surface area contributed by atoms with Crippen molar-refractivity contribution >= 4 is 18.0 Å². The Morgan fingerprint density at radius 3 is 2.38 bits per heavy atom. The number of hydrogen-bond donors (Lipinski definition) is 4. The minimum absolute atomic E-state index is 0.000589. The highest BCUT2D eigenvalue weighted by atomic mass is 16.1. The van der Waals surface area contributed by atoms with Crippen LogP contribution in [0.5, 0.6) is 0 Å². The molecule has 7 heteroatoms. The second-order valence-electron chi connectivity index (χ2n) is 6.48. The molecule has 1 amide bonds. The summed E-state index contributed by atoms with van der Waals surface area (Å²) >= 11 is 0. The lowest BCUT2D eigenvalue weighted by Crippen LogP contribution is -2.25. The van der Waals surface area contributed by atoms with Crippen molar-refractivity contribution in [2.45, 2.75) is 25.9 Å². The van der Waals surface area contributed by atoms with Crippen LogP contribution >= 0.6 is 0 Å². The van der Waals surface area contributed by atoms with Crippen molar-refractivity contribution in [2.75, 3.05) is 0 Å². The minimum Gasteiger partial charge on any atom is -0.404 e. The van der Waals surface area contributed by atoms with Crippen molar-refractivity contribution in [2.24, 2.45) is 16.5 Å². The summed E-state index contributed by atoms with van der Waals surface area (Å²) < 4.78 is 0. The predicted molar refractivity (Wildman–Crippen MR) is 114 cm³/mol. The number of benzene rings is 2. The molecule has 0 aromatic heterocycles. The highest BCUT2D eigenvalue weighted by Gasteiger charge is 2.07. The van der Waals surface area contributed by atoms with Gasteiger partial charge < -0.3 is 16.8 Å². The van der Waals surface area contributed by atoms with E-state index < -0.39 is 0 Å². The number of nitrogens with one attached hydrogen (secondary N) is 2. The van der Waals surface area contributed by atoms with Crippen LogP contribution in [-0.2, 0) is 17.9 Å². The van der Waals surface area contributed by atoms with Gasteiger partial charge in [0.15, 0.2) is 0 Å². The molecule has 0 fully saturated rings. The molecule has 0 saturated carbocycles. The fourth-order valence-corrected chi connectivity index (χ4v) is 2.50. The SMILES string of the molecule is CC(C#N)c1ccc(CN=C/C(=C\N)C(=O)NCc2ccc(C(=N)N)cc2)cc1. The van der Waals surface area contributed by atoms with Crippen molar-refractivity contribution in [3.8, 4) is 6.07 Å². The number of rotatable bonds is 8. The summed E-state index contributed by atoms with van der Waals surface area (Å²) in [6, 6.07) is 16.9. The van der Waals surface area contributed by atoms with Crippen LogP contribution in [0.1, 0.15) is 35.1 Å². The van der Waals surface area contributed by atoms with Crippen molar-refractivity contribution in [3.63, 3.8) is 0 Å². The normalized spacial score (nSPS) is 12.3. The summed E-state index contributed by atoms with van der Waals surface area (Å²) in [4.78, 5) is 16.6. The highest BCUT2D eigenvalue weighted by Crippen LogP contribution is 2.15. The molecule has 0 aliphatic rings. The van der Waals surface area contributed by atoms with Gasteiger partial charge in [-0.05, 0) is 23.6 Å². The summed E-state index contributed by atoms with van der Waals surface area (Å²) in [6.07, 6.45) is 2.66. The maximum atomic E-state index is 12.3. The average molecular weight is 388 g/mol. The Labute approximate surface area is 170 Å². The molecule has 7 nitrogen and oxygen atoms in total. The van der Waals surface area contributed by atoms with Gasteiger partial charge in [-0.1, -0.05) is 48.5 Å². The van der Waals surface area contributed by atoms with Gasteiger partial charge in [0.2, 0.25) is 0 Å².